The zero-order valence-electron chi connectivity index (χ0n) is 17.9. The molecule has 0 fully saturated rings. The lowest BCUT2D eigenvalue weighted by Gasteiger charge is -2.32. The zero-order valence-corrected chi connectivity index (χ0v) is 18.7. The summed E-state index contributed by atoms with van der Waals surface area (Å²) in [6.07, 6.45) is 5.55. The highest BCUT2D eigenvalue weighted by Gasteiger charge is 2.46. The largest absolute Gasteiger partial charge is 0.260 e. The molecule has 0 saturated carbocycles. The average molecular weight is 370 g/mol. The zero-order chi connectivity index (χ0) is 19.4. The summed E-state index contributed by atoms with van der Waals surface area (Å²) in [5.41, 5.74) is 3.64. The van der Waals surface area contributed by atoms with Crippen molar-refractivity contribution < 1.29 is 0 Å². The van der Waals surface area contributed by atoms with Gasteiger partial charge >= 0.3 is 0 Å². The molecule has 0 unspecified atom stereocenters. The van der Waals surface area contributed by atoms with Gasteiger partial charge in [0.2, 0.25) is 0 Å². The van der Waals surface area contributed by atoms with Crippen LogP contribution in [0.2, 0.25) is 0 Å². The minimum absolute atomic E-state index is 0.182. The molecule has 1 aliphatic rings. The highest BCUT2D eigenvalue weighted by molar-refractivity contribution is 7.12. The Balaban J connectivity index is 1.81. The molecule has 0 spiro atoms. The quantitative estimate of drug-likeness (QED) is 0.558. The van der Waals surface area contributed by atoms with Crippen LogP contribution in [0.4, 0.5) is 0 Å². The number of nitrogens with zero attached hydrogens (tertiary/aromatic N) is 1. The SMILES string of the molecule is CC(C)(C)c1ccc(C(C)(C)CC[C@@]2(C)CC(C)(C)c3cccnc32)s1. The Bertz CT molecular complexity index is 791. The summed E-state index contributed by atoms with van der Waals surface area (Å²) >= 11 is 2.00. The van der Waals surface area contributed by atoms with E-state index in [0.29, 0.717) is 0 Å². The molecule has 142 valence electrons. The molecule has 2 aromatic rings. The first kappa shape index (κ1) is 19.6. The van der Waals surface area contributed by atoms with Crippen molar-refractivity contribution in [2.45, 2.75) is 96.3 Å². The van der Waals surface area contributed by atoms with Gasteiger partial charge in [-0.15, -0.1) is 11.3 Å². The molecule has 0 saturated heterocycles. The highest BCUT2D eigenvalue weighted by atomic mass is 32.1. The summed E-state index contributed by atoms with van der Waals surface area (Å²) in [6.45, 7) is 18.9. The average Bonchev–Trinajstić information content (AvgIpc) is 3.10. The van der Waals surface area contributed by atoms with Gasteiger partial charge in [-0.3, -0.25) is 4.98 Å². The third kappa shape index (κ3) is 3.50. The lowest BCUT2D eigenvalue weighted by Crippen LogP contribution is -2.26. The van der Waals surface area contributed by atoms with Crippen LogP contribution in [0.3, 0.4) is 0 Å². The molecule has 0 aromatic carbocycles. The third-order valence-electron chi connectivity index (χ3n) is 6.25. The van der Waals surface area contributed by atoms with E-state index in [2.05, 4.69) is 79.7 Å². The number of pyridine rings is 1. The number of hydrogen-bond acceptors (Lipinski definition) is 2. The van der Waals surface area contributed by atoms with Gasteiger partial charge in [0.25, 0.3) is 0 Å². The normalized spacial score (nSPS) is 22.5. The summed E-state index contributed by atoms with van der Waals surface area (Å²) in [5.74, 6) is 0. The van der Waals surface area contributed by atoms with Gasteiger partial charge < -0.3 is 0 Å². The van der Waals surface area contributed by atoms with E-state index in [1.54, 1.807) is 0 Å². The molecule has 0 N–H and O–H groups in total. The van der Waals surface area contributed by atoms with Crippen LogP contribution < -0.4 is 0 Å². The molecule has 0 amide bonds. The molecule has 0 bridgehead atoms. The number of aromatic nitrogens is 1. The van der Waals surface area contributed by atoms with E-state index in [4.69, 9.17) is 4.98 Å². The predicted octanol–water partition coefficient (Wildman–Crippen LogP) is 7.14. The molecule has 0 radical (unpaired) electrons. The second-order valence-electron chi connectivity index (χ2n) is 10.8. The number of thiophene rings is 1. The number of hydrogen-bond donors (Lipinski definition) is 0. The fraction of sp³-hybridized carbons (Fsp3) is 0.625. The molecule has 1 aliphatic carbocycles. The standard InChI is InChI=1S/C24H35NS/c1-21(2,3)18-11-12-19(26-18)22(4,5)13-14-24(8)16-23(6,7)17-10-9-15-25-20(17)24/h9-12,15H,13-14,16H2,1-8H3/t24-/m0/s1. The van der Waals surface area contributed by atoms with Gasteiger partial charge in [-0.25, -0.2) is 0 Å². The Labute approximate surface area is 164 Å². The predicted molar refractivity (Wildman–Crippen MR) is 115 cm³/mol. The van der Waals surface area contributed by atoms with Crippen molar-refractivity contribution in [3.8, 4) is 0 Å². The van der Waals surface area contributed by atoms with Crippen LogP contribution in [-0.2, 0) is 21.7 Å². The Morgan fingerprint density at radius 2 is 1.65 bits per heavy atom. The van der Waals surface area contributed by atoms with Crippen molar-refractivity contribution in [3.05, 3.63) is 51.5 Å². The molecule has 0 aliphatic heterocycles. The van der Waals surface area contributed by atoms with E-state index in [1.807, 2.05) is 17.5 Å². The maximum atomic E-state index is 4.82. The molecule has 1 nitrogen and oxygen atoms in total. The number of fused-ring (bicyclic) bond motifs is 1. The van der Waals surface area contributed by atoms with Crippen molar-refractivity contribution in [3.63, 3.8) is 0 Å². The Morgan fingerprint density at radius 3 is 2.27 bits per heavy atom. The van der Waals surface area contributed by atoms with Crippen LogP contribution in [0.25, 0.3) is 0 Å². The summed E-state index contributed by atoms with van der Waals surface area (Å²) in [4.78, 5) is 7.83. The van der Waals surface area contributed by atoms with Crippen LogP contribution in [0.15, 0.2) is 30.5 Å². The van der Waals surface area contributed by atoms with Crippen LogP contribution in [-0.4, -0.2) is 4.98 Å². The van der Waals surface area contributed by atoms with Crippen molar-refractivity contribution in [2.75, 3.05) is 0 Å². The third-order valence-corrected chi connectivity index (χ3v) is 8.13. The van der Waals surface area contributed by atoms with Crippen LogP contribution in [0.5, 0.6) is 0 Å². The van der Waals surface area contributed by atoms with E-state index in [0.717, 1.165) is 0 Å². The smallest absolute Gasteiger partial charge is 0.0500 e. The second-order valence-corrected chi connectivity index (χ2v) is 11.9. The first-order valence-electron chi connectivity index (χ1n) is 9.92. The van der Waals surface area contributed by atoms with Crippen LogP contribution in [0.1, 0.15) is 95.7 Å². The molecule has 1 atom stereocenters. The van der Waals surface area contributed by atoms with Crippen molar-refractivity contribution in [1.29, 1.82) is 0 Å². The lowest BCUT2D eigenvalue weighted by atomic mass is 9.73. The lowest BCUT2D eigenvalue weighted by molar-refractivity contribution is 0.311. The van der Waals surface area contributed by atoms with Gasteiger partial charge in [0.15, 0.2) is 0 Å². The highest BCUT2D eigenvalue weighted by Crippen LogP contribution is 2.52. The first-order chi connectivity index (χ1) is 11.9. The van der Waals surface area contributed by atoms with Gasteiger partial charge in [-0.05, 0) is 59.3 Å². The fourth-order valence-corrected chi connectivity index (χ4v) is 5.80. The van der Waals surface area contributed by atoms with E-state index < -0.39 is 0 Å². The Hall–Kier alpha value is -1.15. The molecule has 3 rings (SSSR count). The van der Waals surface area contributed by atoms with Gasteiger partial charge in [0, 0.05) is 27.1 Å². The minimum Gasteiger partial charge on any atom is -0.260 e. The minimum atomic E-state index is 0.182. The molecular weight excluding hydrogens is 334 g/mol. The van der Waals surface area contributed by atoms with Gasteiger partial charge in [-0.1, -0.05) is 61.5 Å². The summed E-state index contributed by atoms with van der Waals surface area (Å²) in [6, 6.07) is 9.07. The summed E-state index contributed by atoms with van der Waals surface area (Å²) in [5, 5.41) is 0. The summed E-state index contributed by atoms with van der Waals surface area (Å²) in [7, 11) is 0. The second kappa shape index (κ2) is 6.19. The summed E-state index contributed by atoms with van der Waals surface area (Å²) < 4.78 is 0. The topological polar surface area (TPSA) is 12.9 Å². The van der Waals surface area contributed by atoms with E-state index in [1.165, 1.54) is 40.3 Å². The van der Waals surface area contributed by atoms with Crippen LogP contribution >= 0.6 is 11.3 Å². The maximum absolute atomic E-state index is 4.82. The van der Waals surface area contributed by atoms with Crippen LogP contribution in [0, 0.1) is 0 Å². The Kier molecular flexibility index (Phi) is 4.67. The van der Waals surface area contributed by atoms with E-state index in [-0.39, 0.29) is 21.7 Å². The molecule has 2 heterocycles. The fourth-order valence-electron chi connectivity index (χ4n) is 4.61. The van der Waals surface area contributed by atoms with E-state index >= 15 is 0 Å². The maximum Gasteiger partial charge on any atom is 0.0500 e. The van der Waals surface area contributed by atoms with Gasteiger partial charge in [-0.2, -0.15) is 0 Å². The first-order valence-corrected chi connectivity index (χ1v) is 10.7. The van der Waals surface area contributed by atoms with Gasteiger partial charge in [0.1, 0.15) is 0 Å². The van der Waals surface area contributed by atoms with Crippen molar-refractivity contribution >= 4 is 11.3 Å². The number of rotatable bonds is 4. The molecular formula is C24H35NS. The molecule has 2 aromatic heterocycles. The van der Waals surface area contributed by atoms with Crippen molar-refractivity contribution in [2.24, 2.45) is 0 Å². The monoisotopic (exact) mass is 369 g/mol. The van der Waals surface area contributed by atoms with Gasteiger partial charge in [0.05, 0.1) is 0 Å². The van der Waals surface area contributed by atoms with Crippen molar-refractivity contribution in [1.82, 2.24) is 4.98 Å². The molecule has 26 heavy (non-hydrogen) atoms. The Morgan fingerprint density at radius 1 is 1.00 bits per heavy atom. The molecule has 2 heteroatoms. The van der Waals surface area contributed by atoms with E-state index in [9.17, 15) is 0 Å².